The second-order valence-electron chi connectivity index (χ2n) is 3.35. The van der Waals surface area contributed by atoms with E-state index in [0.29, 0.717) is 21.4 Å². The quantitative estimate of drug-likeness (QED) is 0.773. The average Bonchev–Trinajstić information content (AvgIpc) is 2.62. The number of aryl methyl sites for hydroxylation is 1. The number of hydrogen-bond acceptors (Lipinski definition) is 2. The minimum absolute atomic E-state index is 0.197. The SMILES string of the molecule is Cn1ccnc1C(=O)c1cc(Cl)cc(Cl)c1. The van der Waals surface area contributed by atoms with Crippen molar-refractivity contribution < 1.29 is 4.79 Å². The van der Waals surface area contributed by atoms with E-state index in [4.69, 9.17) is 23.2 Å². The smallest absolute Gasteiger partial charge is 0.228 e. The number of nitrogens with zero attached hydrogens (tertiary/aromatic N) is 2. The first-order valence-corrected chi connectivity index (χ1v) is 5.31. The average molecular weight is 255 g/mol. The Kier molecular flexibility index (Phi) is 2.99. The molecule has 2 aromatic rings. The van der Waals surface area contributed by atoms with Gasteiger partial charge in [0.2, 0.25) is 5.78 Å². The minimum atomic E-state index is -0.197. The summed E-state index contributed by atoms with van der Waals surface area (Å²) in [6.45, 7) is 0. The van der Waals surface area contributed by atoms with E-state index in [1.165, 1.54) is 0 Å². The van der Waals surface area contributed by atoms with Crippen LogP contribution in [0.25, 0.3) is 0 Å². The van der Waals surface area contributed by atoms with Crippen LogP contribution in [-0.4, -0.2) is 15.3 Å². The van der Waals surface area contributed by atoms with E-state index in [2.05, 4.69) is 4.98 Å². The predicted octanol–water partition coefficient (Wildman–Crippen LogP) is 2.96. The molecule has 0 amide bonds. The maximum atomic E-state index is 12.0. The van der Waals surface area contributed by atoms with E-state index < -0.39 is 0 Å². The van der Waals surface area contributed by atoms with Crippen molar-refractivity contribution in [1.29, 1.82) is 0 Å². The Morgan fingerprint density at radius 3 is 2.38 bits per heavy atom. The number of hydrogen-bond donors (Lipinski definition) is 0. The van der Waals surface area contributed by atoms with Crippen LogP contribution in [0.15, 0.2) is 30.6 Å². The lowest BCUT2D eigenvalue weighted by molar-refractivity contribution is 0.102. The van der Waals surface area contributed by atoms with Crippen LogP contribution in [0.1, 0.15) is 16.2 Å². The van der Waals surface area contributed by atoms with Gasteiger partial charge in [-0.3, -0.25) is 4.79 Å². The summed E-state index contributed by atoms with van der Waals surface area (Å²) in [6, 6.07) is 4.73. The predicted molar refractivity (Wildman–Crippen MR) is 63.1 cm³/mol. The molecule has 0 bridgehead atoms. The van der Waals surface area contributed by atoms with Gasteiger partial charge in [-0.05, 0) is 18.2 Å². The summed E-state index contributed by atoms with van der Waals surface area (Å²) in [5.41, 5.74) is 0.437. The number of carbonyl (C=O) groups excluding carboxylic acids is 1. The minimum Gasteiger partial charge on any atom is -0.331 e. The number of imidazole rings is 1. The van der Waals surface area contributed by atoms with Gasteiger partial charge in [-0.25, -0.2) is 4.98 Å². The molecular formula is C11H8Cl2N2O. The molecule has 0 aliphatic heterocycles. The second-order valence-corrected chi connectivity index (χ2v) is 4.22. The van der Waals surface area contributed by atoms with Crippen LogP contribution < -0.4 is 0 Å². The molecule has 16 heavy (non-hydrogen) atoms. The van der Waals surface area contributed by atoms with Gasteiger partial charge in [0.15, 0.2) is 5.82 Å². The van der Waals surface area contributed by atoms with Gasteiger partial charge in [-0.1, -0.05) is 23.2 Å². The van der Waals surface area contributed by atoms with Crippen molar-refractivity contribution in [3.63, 3.8) is 0 Å². The van der Waals surface area contributed by atoms with Gasteiger partial charge < -0.3 is 4.57 Å². The fourth-order valence-electron chi connectivity index (χ4n) is 1.40. The lowest BCUT2D eigenvalue weighted by atomic mass is 10.1. The molecule has 0 unspecified atom stereocenters. The van der Waals surface area contributed by atoms with Gasteiger partial charge in [0.05, 0.1) is 0 Å². The van der Waals surface area contributed by atoms with E-state index in [1.807, 2.05) is 0 Å². The van der Waals surface area contributed by atoms with Gasteiger partial charge >= 0.3 is 0 Å². The van der Waals surface area contributed by atoms with Crippen molar-refractivity contribution in [3.8, 4) is 0 Å². The highest BCUT2D eigenvalue weighted by atomic mass is 35.5. The zero-order valence-corrected chi connectivity index (χ0v) is 9.96. The highest BCUT2D eigenvalue weighted by molar-refractivity contribution is 6.35. The Labute approximate surface area is 103 Å². The summed E-state index contributed by atoms with van der Waals surface area (Å²) in [7, 11) is 1.76. The van der Waals surface area contributed by atoms with Crippen molar-refractivity contribution in [2.75, 3.05) is 0 Å². The first-order chi connectivity index (χ1) is 7.58. The summed E-state index contributed by atoms with van der Waals surface area (Å²) in [5.74, 6) is 0.162. The van der Waals surface area contributed by atoms with Crippen LogP contribution in [0.3, 0.4) is 0 Å². The van der Waals surface area contributed by atoms with Crippen LogP contribution in [0.5, 0.6) is 0 Å². The van der Waals surface area contributed by atoms with Crippen LogP contribution in [0.2, 0.25) is 10.0 Å². The molecule has 3 nitrogen and oxygen atoms in total. The molecule has 0 saturated heterocycles. The molecule has 0 fully saturated rings. The maximum Gasteiger partial charge on any atom is 0.228 e. The van der Waals surface area contributed by atoms with Crippen molar-refractivity contribution in [2.24, 2.45) is 7.05 Å². The zero-order chi connectivity index (χ0) is 11.7. The monoisotopic (exact) mass is 254 g/mol. The van der Waals surface area contributed by atoms with Crippen LogP contribution in [0.4, 0.5) is 0 Å². The molecule has 82 valence electrons. The Balaban J connectivity index is 2.45. The molecule has 1 heterocycles. The summed E-state index contributed by atoms with van der Waals surface area (Å²) in [5, 5.41) is 0.870. The van der Waals surface area contributed by atoms with Crippen molar-refractivity contribution in [1.82, 2.24) is 9.55 Å². The molecule has 0 saturated carbocycles. The molecule has 2 rings (SSSR count). The van der Waals surface area contributed by atoms with E-state index in [9.17, 15) is 4.79 Å². The first kappa shape index (κ1) is 11.2. The summed E-state index contributed by atoms with van der Waals surface area (Å²) in [6.07, 6.45) is 3.28. The van der Waals surface area contributed by atoms with Gasteiger partial charge in [0, 0.05) is 35.1 Å². The van der Waals surface area contributed by atoms with Gasteiger partial charge in [0.25, 0.3) is 0 Å². The Hall–Kier alpha value is -1.32. The number of benzene rings is 1. The topological polar surface area (TPSA) is 34.9 Å². The van der Waals surface area contributed by atoms with Crippen LogP contribution in [-0.2, 0) is 7.05 Å². The first-order valence-electron chi connectivity index (χ1n) is 4.56. The number of ketones is 1. The molecule has 0 N–H and O–H groups in total. The number of aromatic nitrogens is 2. The molecule has 0 aliphatic rings. The Morgan fingerprint density at radius 2 is 1.88 bits per heavy atom. The van der Waals surface area contributed by atoms with E-state index in [-0.39, 0.29) is 5.78 Å². The number of halogens is 2. The lowest BCUT2D eigenvalue weighted by Gasteiger charge is -2.02. The fraction of sp³-hybridized carbons (Fsp3) is 0.0909. The van der Waals surface area contributed by atoms with Crippen LogP contribution in [0, 0.1) is 0 Å². The Morgan fingerprint density at radius 1 is 1.25 bits per heavy atom. The van der Waals surface area contributed by atoms with E-state index >= 15 is 0 Å². The van der Waals surface area contributed by atoms with Gasteiger partial charge in [-0.2, -0.15) is 0 Å². The molecule has 0 atom stereocenters. The number of rotatable bonds is 2. The standard InChI is InChI=1S/C11H8Cl2N2O/c1-15-3-2-14-11(15)10(16)7-4-8(12)6-9(13)5-7/h2-6H,1H3. The summed E-state index contributed by atoms with van der Waals surface area (Å²) in [4.78, 5) is 16.0. The Bertz CT molecular complexity index is 528. The highest BCUT2D eigenvalue weighted by Gasteiger charge is 2.14. The second kappa shape index (κ2) is 4.28. The third kappa shape index (κ3) is 2.10. The molecular weight excluding hydrogens is 247 g/mol. The third-order valence-corrected chi connectivity index (χ3v) is 2.59. The molecule has 0 radical (unpaired) electrons. The largest absolute Gasteiger partial charge is 0.331 e. The maximum absolute atomic E-state index is 12.0. The van der Waals surface area contributed by atoms with Gasteiger partial charge in [-0.15, -0.1) is 0 Å². The molecule has 1 aromatic heterocycles. The van der Waals surface area contributed by atoms with Crippen molar-refractivity contribution in [3.05, 3.63) is 52.0 Å². The van der Waals surface area contributed by atoms with Crippen LogP contribution >= 0.6 is 23.2 Å². The molecule has 0 spiro atoms. The molecule has 5 heteroatoms. The van der Waals surface area contributed by atoms with E-state index in [1.54, 1.807) is 42.2 Å². The normalized spacial score (nSPS) is 10.4. The third-order valence-electron chi connectivity index (χ3n) is 2.15. The zero-order valence-electron chi connectivity index (χ0n) is 8.45. The van der Waals surface area contributed by atoms with Crippen molar-refractivity contribution in [2.45, 2.75) is 0 Å². The lowest BCUT2D eigenvalue weighted by Crippen LogP contribution is -2.08. The summed E-state index contributed by atoms with van der Waals surface area (Å²) < 4.78 is 1.65. The van der Waals surface area contributed by atoms with Crippen molar-refractivity contribution >= 4 is 29.0 Å². The number of carbonyl (C=O) groups is 1. The van der Waals surface area contributed by atoms with E-state index in [0.717, 1.165) is 0 Å². The molecule has 0 aliphatic carbocycles. The summed E-state index contributed by atoms with van der Waals surface area (Å²) >= 11 is 11.7. The molecule has 1 aromatic carbocycles. The van der Waals surface area contributed by atoms with Gasteiger partial charge in [0.1, 0.15) is 0 Å². The highest BCUT2D eigenvalue weighted by Crippen LogP contribution is 2.20. The fourth-order valence-corrected chi connectivity index (χ4v) is 1.92.